The van der Waals surface area contributed by atoms with Crippen LogP contribution >= 0.6 is 34.7 Å². The zero-order chi connectivity index (χ0) is 23.3. The minimum absolute atomic E-state index is 0.263. The number of hydrogen-bond donors (Lipinski definition) is 1. The Morgan fingerprint density at radius 3 is 2.59 bits per heavy atom. The quantitative estimate of drug-likeness (QED) is 0.322. The average molecular weight is 511 g/mol. The van der Waals surface area contributed by atoms with Crippen molar-refractivity contribution in [2.45, 2.75) is 36.4 Å². The van der Waals surface area contributed by atoms with Crippen molar-refractivity contribution in [3.8, 4) is 0 Å². The third-order valence-electron chi connectivity index (χ3n) is 4.58. The number of carbonyl (C=O) groups is 1. The number of hydrogen-bond acceptors (Lipinski definition) is 7. The number of nitrogens with zero attached hydrogens (tertiary/aromatic N) is 3. The van der Waals surface area contributed by atoms with Crippen LogP contribution in [0.2, 0.25) is 5.02 Å². The standard InChI is InChI=1S/C21H23ClN4O3S3/c1-4-17(26(32(3,28)29)18-12-16(22)11-10-14(18)2)19(27)23-20-24-25-21(31-20)30-13-15-8-6-5-7-9-15/h5-12,17H,4,13H2,1-3H3,(H,23,24,27)/t17-/m0/s1. The third kappa shape index (κ3) is 6.22. The normalized spacial score (nSPS) is 12.4. The molecule has 0 aliphatic heterocycles. The van der Waals surface area contributed by atoms with Gasteiger partial charge in [-0.05, 0) is 36.6 Å². The number of amides is 1. The molecule has 7 nitrogen and oxygen atoms in total. The van der Waals surface area contributed by atoms with E-state index in [-0.39, 0.29) is 6.42 Å². The first kappa shape index (κ1) is 24.5. The average Bonchev–Trinajstić information content (AvgIpc) is 3.19. The first-order valence-corrected chi connectivity index (χ1v) is 13.8. The number of aromatic nitrogens is 2. The lowest BCUT2D eigenvalue weighted by molar-refractivity contribution is -0.117. The predicted octanol–water partition coefficient (Wildman–Crippen LogP) is 4.98. The van der Waals surface area contributed by atoms with Gasteiger partial charge in [-0.15, -0.1) is 10.2 Å². The van der Waals surface area contributed by atoms with E-state index in [2.05, 4.69) is 15.5 Å². The molecule has 1 N–H and O–H groups in total. The number of rotatable bonds is 9. The summed E-state index contributed by atoms with van der Waals surface area (Å²) in [4.78, 5) is 13.1. The second-order valence-electron chi connectivity index (χ2n) is 7.05. The van der Waals surface area contributed by atoms with Crippen molar-refractivity contribution in [1.29, 1.82) is 0 Å². The minimum atomic E-state index is -3.76. The molecule has 3 aromatic rings. The molecule has 0 aliphatic rings. The summed E-state index contributed by atoms with van der Waals surface area (Å²) in [7, 11) is -3.76. The number of carbonyl (C=O) groups excluding carboxylic acids is 1. The van der Waals surface area contributed by atoms with Crippen molar-refractivity contribution in [3.05, 3.63) is 64.7 Å². The van der Waals surface area contributed by atoms with Crippen LogP contribution in [0.4, 0.5) is 10.8 Å². The smallest absolute Gasteiger partial charge is 0.250 e. The molecule has 0 saturated carbocycles. The fraction of sp³-hybridized carbons (Fsp3) is 0.286. The Labute approximate surface area is 201 Å². The van der Waals surface area contributed by atoms with Crippen molar-refractivity contribution >= 4 is 61.4 Å². The van der Waals surface area contributed by atoms with Gasteiger partial charge in [-0.3, -0.25) is 14.4 Å². The minimum Gasteiger partial charge on any atom is -0.299 e. The Kier molecular flexibility index (Phi) is 8.16. The van der Waals surface area contributed by atoms with Gasteiger partial charge in [0.1, 0.15) is 6.04 Å². The molecule has 0 bridgehead atoms. The van der Waals surface area contributed by atoms with Gasteiger partial charge in [0.25, 0.3) is 0 Å². The van der Waals surface area contributed by atoms with Gasteiger partial charge in [-0.25, -0.2) is 8.42 Å². The highest BCUT2D eigenvalue weighted by Crippen LogP contribution is 2.31. The highest BCUT2D eigenvalue weighted by atomic mass is 35.5. The number of halogens is 1. The Morgan fingerprint density at radius 1 is 1.22 bits per heavy atom. The SMILES string of the molecule is CC[C@@H](C(=O)Nc1nnc(SCc2ccccc2)s1)N(c1cc(Cl)ccc1C)S(C)(=O)=O. The molecule has 1 aromatic heterocycles. The molecule has 1 heterocycles. The van der Waals surface area contributed by atoms with Crippen LogP contribution in [0.25, 0.3) is 0 Å². The molecule has 0 unspecified atom stereocenters. The Morgan fingerprint density at radius 2 is 1.94 bits per heavy atom. The zero-order valence-corrected chi connectivity index (χ0v) is 21.0. The van der Waals surface area contributed by atoms with E-state index in [4.69, 9.17) is 11.6 Å². The summed E-state index contributed by atoms with van der Waals surface area (Å²) in [6.07, 6.45) is 1.34. The van der Waals surface area contributed by atoms with Gasteiger partial charge < -0.3 is 0 Å². The molecule has 2 aromatic carbocycles. The number of thioether (sulfide) groups is 1. The molecule has 0 radical (unpaired) electrons. The van der Waals surface area contributed by atoms with Gasteiger partial charge in [-0.2, -0.15) is 0 Å². The summed E-state index contributed by atoms with van der Waals surface area (Å²) >= 11 is 8.87. The maximum absolute atomic E-state index is 13.1. The molecule has 170 valence electrons. The summed E-state index contributed by atoms with van der Waals surface area (Å²) in [6, 6.07) is 14.0. The first-order chi connectivity index (χ1) is 15.2. The number of sulfonamides is 1. The van der Waals surface area contributed by atoms with Crippen molar-refractivity contribution in [1.82, 2.24) is 10.2 Å². The van der Waals surface area contributed by atoms with E-state index in [9.17, 15) is 13.2 Å². The van der Waals surface area contributed by atoms with Crippen molar-refractivity contribution in [2.24, 2.45) is 0 Å². The fourth-order valence-corrected chi connectivity index (χ4v) is 6.22. The van der Waals surface area contributed by atoms with Crippen LogP contribution in [0.1, 0.15) is 24.5 Å². The summed E-state index contributed by atoms with van der Waals surface area (Å²) < 4.78 is 27.1. The van der Waals surface area contributed by atoms with E-state index in [1.807, 2.05) is 30.3 Å². The molecule has 0 aliphatic carbocycles. The lowest BCUT2D eigenvalue weighted by Gasteiger charge is -2.31. The van der Waals surface area contributed by atoms with Crippen LogP contribution in [0, 0.1) is 6.92 Å². The third-order valence-corrected chi connectivity index (χ3v) is 8.02. The zero-order valence-electron chi connectivity index (χ0n) is 17.8. The number of benzene rings is 2. The van der Waals surface area contributed by atoms with Crippen LogP contribution < -0.4 is 9.62 Å². The second kappa shape index (κ2) is 10.7. The number of anilines is 2. The molecule has 3 rings (SSSR count). The van der Waals surface area contributed by atoms with Crippen LogP contribution in [-0.4, -0.2) is 36.8 Å². The molecule has 0 fully saturated rings. The van der Waals surface area contributed by atoms with E-state index < -0.39 is 22.0 Å². The van der Waals surface area contributed by atoms with Gasteiger partial charge in [-0.1, -0.05) is 78.0 Å². The molecule has 0 saturated heterocycles. The van der Waals surface area contributed by atoms with Crippen molar-refractivity contribution in [3.63, 3.8) is 0 Å². The molecule has 0 spiro atoms. The van der Waals surface area contributed by atoms with E-state index in [0.717, 1.165) is 21.9 Å². The van der Waals surface area contributed by atoms with Gasteiger partial charge in [0.05, 0.1) is 11.9 Å². The molecule has 11 heteroatoms. The van der Waals surface area contributed by atoms with E-state index >= 15 is 0 Å². The molecule has 32 heavy (non-hydrogen) atoms. The number of nitrogens with one attached hydrogen (secondary N) is 1. The lowest BCUT2D eigenvalue weighted by atomic mass is 10.1. The Bertz CT molecular complexity index is 1190. The highest BCUT2D eigenvalue weighted by molar-refractivity contribution is 8.00. The largest absolute Gasteiger partial charge is 0.299 e. The topological polar surface area (TPSA) is 92.3 Å². The van der Waals surface area contributed by atoms with Gasteiger partial charge in [0.2, 0.25) is 21.1 Å². The Hall–Kier alpha value is -2.14. The van der Waals surface area contributed by atoms with E-state index in [1.54, 1.807) is 32.0 Å². The monoisotopic (exact) mass is 510 g/mol. The van der Waals surface area contributed by atoms with E-state index in [1.165, 1.54) is 23.1 Å². The summed E-state index contributed by atoms with van der Waals surface area (Å²) in [6.45, 7) is 3.53. The predicted molar refractivity (Wildman–Crippen MR) is 132 cm³/mol. The first-order valence-electron chi connectivity index (χ1n) is 9.75. The maximum atomic E-state index is 13.1. The van der Waals surface area contributed by atoms with Gasteiger partial charge in [0.15, 0.2) is 4.34 Å². The molecule has 1 amide bonds. The van der Waals surface area contributed by atoms with E-state index in [0.29, 0.717) is 25.7 Å². The summed E-state index contributed by atoms with van der Waals surface area (Å²) in [5.41, 5.74) is 2.23. The highest BCUT2D eigenvalue weighted by Gasteiger charge is 2.33. The summed E-state index contributed by atoms with van der Waals surface area (Å²) in [5.74, 6) is 0.254. The van der Waals surface area contributed by atoms with Crippen molar-refractivity contribution < 1.29 is 13.2 Å². The maximum Gasteiger partial charge on any atom is 0.250 e. The van der Waals surface area contributed by atoms with Gasteiger partial charge >= 0.3 is 0 Å². The van der Waals surface area contributed by atoms with Crippen LogP contribution in [0.15, 0.2) is 52.9 Å². The van der Waals surface area contributed by atoms with Crippen molar-refractivity contribution in [2.75, 3.05) is 15.9 Å². The fourth-order valence-electron chi connectivity index (χ4n) is 3.08. The second-order valence-corrected chi connectivity index (χ2v) is 11.5. The molecular formula is C21H23ClN4O3S3. The molecule has 1 atom stereocenters. The van der Waals surface area contributed by atoms with Crippen LogP contribution in [0.3, 0.4) is 0 Å². The summed E-state index contributed by atoms with van der Waals surface area (Å²) in [5, 5.41) is 11.6. The Balaban J connectivity index is 1.77. The van der Waals surface area contributed by atoms with Crippen LogP contribution in [-0.2, 0) is 20.6 Å². The molecular weight excluding hydrogens is 488 g/mol. The van der Waals surface area contributed by atoms with Gasteiger partial charge in [0, 0.05) is 10.8 Å². The lowest BCUT2D eigenvalue weighted by Crippen LogP contribution is -2.47. The van der Waals surface area contributed by atoms with Crippen LogP contribution in [0.5, 0.6) is 0 Å². The number of aryl methyl sites for hydroxylation is 1.